The van der Waals surface area contributed by atoms with E-state index in [2.05, 4.69) is 10.3 Å². The number of methoxy groups -OCH3 is 1. The standard InChI is InChI=1S/C22H18FN3O3S/c1-29-17-8-4-15(5-9-17)19-10-18-21(30-19)22(28)26(13-25-18)12-20(27)24-11-14-2-6-16(23)7-3-14/h2-10,13H,11-12H2,1H3,(H,24,27)/p+1. The largest absolute Gasteiger partial charge is 0.497 e. The van der Waals surface area contributed by atoms with Crippen molar-refractivity contribution in [2.24, 2.45) is 4.99 Å². The first-order chi connectivity index (χ1) is 14.5. The van der Waals surface area contributed by atoms with Crippen molar-refractivity contribution >= 4 is 35.2 Å². The van der Waals surface area contributed by atoms with Crippen LogP contribution in [0.5, 0.6) is 5.75 Å². The minimum absolute atomic E-state index is 0.0568. The van der Waals surface area contributed by atoms with E-state index in [1.165, 1.54) is 29.8 Å². The first-order valence-corrected chi connectivity index (χ1v) is 10.1. The summed E-state index contributed by atoms with van der Waals surface area (Å²) in [5.74, 6) is -0.0342. The SMILES string of the molecule is COc1ccc(-c2cc3c(s2)C(=O)[NH+](CC(=O)NCc2ccc(F)cc2)C=N3)cc1. The van der Waals surface area contributed by atoms with E-state index in [4.69, 9.17) is 4.74 Å². The first-order valence-electron chi connectivity index (χ1n) is 9.27. The van der Waals surface area contributed by atoms with E-state index < -0.39 is 0 Å². The van der Waals surface area contributed by atoms with Gasteiger partial charge >= 0.3 is 5.91 Å². The number of aliphatic imine (C=N–C) groups is 1. The number of hydrogen-bond donors (Lipinski definition) is 2. The molecule has 0 spiro atoms. The van der Waals surface area contributed by atoms with Gasteiger partial charge in [0.15, 0.2) is 17.8 Å². The van der Waals surface area contributed by atoms with Gasteiger partial charge in [0.25, 0.3) is 5.91 Å². The Labute approximate surface area is 176 Å². The summed E-state index contributed by atoms with van der Waals surface area (Å²) in [5.41, 5.74) is 2.37. The van der Waals surface area contributed by atoms with Gasteiger partial charge in [-0.1, -0.05) is 12.1 Å². The molecule has 1 aliphatic heterocycles. The molecule has 1 atom stereocenters. The van der Waals surface area contributed by atoms with Gasteiger partial charge in [0.05, 0.1) is 12.8 Å². The number of thiophene rings is 1. The maximum atomic E-state index is 13.0. The van der Waals surface area contributed by atoms with Gasteiger partial charge in [-0.15, -0.1) is 11.3 Å². The Balaban J connectivity index is 1.41. The highest BCUT2D eigenvalue weighted by molar-refractivity contribution is 7.18. The quantitative estimate of drug-likeness (QED) is 0.639. The molecule has 0 radical (unpaired) electrons. The molecule has 0 saturated carbocycles. The number of carbonyl (C=O) groups excluding carboxylic acids is 2. The average Bonchev–Trinajstić information content (AvgIpc) is 3.21. The van der Waals surface area contributed by atoms with E-state index in [1.807, 2.05) is 30.3 Å². The highest BCUT2D eigenvalue weighted by Gasteiger charge is 2.31. The molecule has 6 nitrogen and oxygen atoms in total. The summed E-state index contributed by atoms with van der Waals surface area (Å²) in [6.45, 7) is 0.211. The Morgan fingerprint density at radius 3 is 2.60 bits per heavy atom. The van der Waals surface area contributed by atoms with Crippen LogP contribution in [0.1, 0.15) is 15.2 Å². The molecule has 1 aromatic heterocycles. The van der Waals surface area contributed by atoms with Crippen LogP contribution in [0, 0.1) is 5.82 Å². The summed E-state index contributed by atoms with van der Waals surface area (Å²) in [7, 11) is 1.61. The van der Waals surface area contributed by atoms with Crippen molar-refractivity contribution in [3.63, 3.8) is 0 Å². The number of carbonyl (C=O) groups is 2. The van der Waals surface area contributed by atoms with Crippen LogP contribution in [0.4, 0.5) is 10.1 Å². The number of nitrogens with one attached hydrogen (secondary N) is 2. The van der Waals surface area contributed by atoms with Crippen LogP contribution in [-0.2, 0) is 11.3 Å². The summed E-state index contributed by atoms with van der Waals surface area (Å²) >= 11 is 1.36. The average molecular weight is 424 g/mol. The predicted octanol–water partition coefficient (Wildman–Crippen LogP) is 2.58. The molecule has 2 aromatic carbocycles. The van der Waals surface area contributed by atoms with Gasteiger partial charge in [-0.05, 0) is 53.6 Å². The lowest BCUT2D eigenvalue weighted by Crippen LogP contribution is -3.15. The molecule has 8 heteroatoms. The number of ether oxygens (including phenoxy) is 1. The fourth-order valence-corrected chi connectivity index (χ4v) is 4.14. The van der Waals surface area contributed by atoms with Crippen molar-refractivity contribution in [3.05, 3.63) is 70.9 Å². The highest BCUT2D eigenvalue weighted by atomic mass is 32.1. The number of halogens is 1. The molecule has 0 fully saturated rings. The third-order valence-corrected chi connectivity index (χ3v) is 5.87. The molecule has 0 saturated heterocycles. The monoisotopic (exact) mass is 424 g/mol. The van der Waals surface area contributed by atoms with Gasteiger partial charge in [0.1, 0.15) is 11.6 Å². The van der Waals surface area contributed by atoms with E-state index in [0.29, 0.717) is 15.5 Å². The fourth-order valence-electron chi connectivity index (χ4n) is 3.05. The van der Waals surface area contributed by atoms with E-state index in [0.717, 1.165) is 21.8 Å². The maximum absolute atomic E-state index is 13.0. The second-order valence-electron chi connectivity index (χ2n) is 6.75. The molecular weight excluding hydrogens is 405 g/mol. The second-order valence-corrected chi connectivity index (χ2v) is 7.80. The minimum atomic E-state index is -0.328. The molecule has 0 bridgehead atoms. The normalized spacial score (nSPS) is 15.0. The zero-order chi connectivity index (χ0) is 21.1. The topological polar surface area (TPSA) is 72.2 Å². The van der Waals surface area contributed by atoms with Crippen LogP contribution in [-0.4, -0.2) is 31.8 Å². The molecule has 30 heavy (non-hydrogen) atoms. The molecule has 1 aliphatic rings. The molecule has 0 aliphatic carbocycles. The highest BCUT2D eigenvalue weighted by Crippen LogP contribution is 2.37. The summed E-state index contributed by atoms with van der Waals surface area (Å²) in [4.78, 5) is 31.3. The van der Waals surface area contributed by atoms with Crippen molar-refractivity contribution in [2.75, 3.05) is 13.7 Å². The van der Waals surface area contributed by atoms with Crippen LogP contribution in [0.25, 0.3) is 10.4 Å². The van der Waals surface area contributed by atoms with Crippen molar-refractivity contribution in [1.82, 2.24) is 5.32 Å². The fraction of sp³-hybridized carbons (Fsp3) is 0.136. The Bertz CT molecular complexity index is 1110. The second kappa shape index (κ2) is 8.56. The number of amides is 2. The van der Waals surface area contributed by atoms with E-state index in [1.54, 1.807) is 19.2 Å². The lowest BCUT2D eigenvalue weighted by molar-refractivity contribution is -0.695. The number of hydrogen-bond acceptors (Lipinski definition) is 5. The van der Waals surface area contributed by atoms with Crippen LogP contribution < -0.4 is 15.0 Å². The van der Waals surface area contributed by atoms with Gasteiger partial charge in [-0.2, -0.15) is 0 Å². The molecule has 2 N–H and O–H groups in total. The molecule has 152 valence electrons. The van der Waals surface area contributed by atoms with Crippen LogP contribution in [0.15, 0.2) is 59.6 Å². The maximum Gasteiger partial charge on any atom is 0.362 e. The third-order valence-electron chi connectivity index (χ3n) is 4.70. The molecule has 4 rings (SSSR count). The lowest BCUT2D eigenvalue weighted by atomic mass is 10.1. The van der Waals surface area contributed by atoms with E-state index in [9.17, 15) is 14.0 Å². The van der Waals surface area contributed by atoms with Gasteiger partial charge in [0, 0.05) is 11.4 Å². The van der Waals surface area contributed by atoms with Gasteiger partial charge in [-0.25, -0.2) is 19.1 Å². The molecule has 2 heterocycles. The van der Waals surface area contributed by atoms with Gasteiger partial charge in [0.2, 0.25) is 0 Å². The lowest BCUT2D eigenvalue weighted by Gasteiger charge is -2.14. The van der Waals surface area contributed by atoms with Crippen LogP contribution in [0.3, 0.4) is 0 Å². The summed E-state index contributed by atoms with van der Waals surface area (Å²) in [6, 6.07) is 15.4. The number of rotatable bonds is 6. The smallest absolute Gasteiger partial charge is 0.362 e. The number of nitrogens with zero attached hydrogens (tertiary/aromatic N) is 1. The first kappa shape index (κ1) is 19.9. The zero-order valence-electron chi connectivity index (χ0n) is 16.1. The third kappa shape index (κ3) is 4.29. The Hall–Kier alpha value is -3.36. The number of fused-ring (bicyclic) bond motifs is 1. The summed E-state index contributed by atoms with van der Waals surface area (Å²) in [5, 5.41) is 2.75. The van der Waals surface area contributed by atoms with Crippen molar-refractivity contribution in [1.29, 1.82) is 0 Å². The molecule has 3 aromatic rings. The van der Waals surface area contributed by atoms with Crippen molar-refractivity contribution in [2.45, 2.75) is 6.54 Å². The molecule has 1 unspecified atom stereocenters. The van der Waals surface area contributed by atoms with Crippen LogP contribution in [0.2, 0.25) is 0 Å². The zero-order valence-corrected chi connectivity index (χ0v) is 17.0. The number of quaternary nitrogens is 1. The van der Waals surface area contributed by atoms with Crippen molar-refractivity contribution < 1.29 is 23.6 Å². The Morgan fingerprint density at radius 2 is 1.90 bits per heavy atom. The summed E-state index contributed by atoms with van der Waals surface area (Å²) < 4.78 is 18.1. The van der Waals surface area contributed by atoms with E-state index >= 15 is 0 Å². The molecular formula is C22H19FN3O3S+. The van der Waals surface area contributed by atoms with Crippen molar-refractivity contribution in [3.8, 4) is 16.2 Å². The molecule has 2 amide bonds. The van der Waals surface area contributed by atoms with Gasteiger partial charge < -0.3 is 10.1 Å². The number of benzene rings is 2. The minimum Gasteiger partial charge on any atom is -0.497 e. The van der Waals surface area contributed by atoms with E-state index in [-0.39, 0.29) is 30.7 Å². The van der Waals surface area contributed by atoms with Crippen LogP contribution >= 0.6 is 11.3 Å². The Kier molecular flexibility index (Phi) is 5.69. The Morgan fingerprint density at radius 1 is 1.17 bits per heavy atom. The summed E-state index contributed by atoms with van der Waals surface area (Å²) in [6.07, 6.45) is 1.46. The predicted molar refractivity (Wildman–Crippen MR) is 113 cm³/mol. The van der Waals surface area contributed by atoms with Gasteiger partial charge in [-0.3, -0.25) is 4.79 Å².